The lowest BCUT2D eigenvalue weighted by Gasteiger charge is -2.16. The van der Waals surface area contributed by atoms with Crippen LogP contribution in [0.25, 0.3) is 5.69 Å². The molecular formula is C20H22F4N6O2. The fraction of sp³-hybridized carbons (Fsp3) is 0.400. The summed E-state index contributed by atoms with van der Waals surface area (Å²) in [6, 6.07) is 5.17. The SMILES string of the molecule is Cc1nc(CNCc2ccc(-n3cncn3)c(F)c2)c2n1CCCC2.O=C(O)C(F)(F)F. The van der Waals surface area contributed by atoms with Gasteiger partial charge in [0.1, 0.15) is 30.0 Å². The summed E-state index contributed by atoms with van der Waals surface area (Å²) >= 11 is 0. The molecule has 2 N–H and O–H groups in total. The molecule has 0 radical (unpaired) electrons. The highest BCUT2D eigenvalue weighted by Crippen LogP contribution is 2.21. The number of halogens is 4. The maximum absolute atomic E-state index is 14.3. The van der Waals surface area contributed by atoms with Crippen molar-refractivity contribution >= 4 is 5.97 Å². The van der Waals surface area contributed by atoms with Crippen LogP contribution in [-0.2, 0) is 30.8 Å². The van der Waals surface area contributed by atoms with Gasteiger partial charge in [-0.2, -0.15) is 18.3 Å². The number of rotatable bonds is 5. The standard InChI is InChI=1S/C18H21FN6.C2HF3O2/c1-13-23-16(18-4-2-3-7-24(13)18)10-20-9-14-5-6-17(15(19)8-14)25-12-21-11-22-25;3-2(4,5)1(6)7/h5-6,8,11-12,20H,2-4,7,9-10H2,1H3;(H,6,7). The summed E-state index contributed by atoms with van der Waals surface area (Å²) in [6.45, 7) is 4.44. The van der Waals surface area contributed by atoms with Gasteiger partial charge in [0, 0.05) is 25.3 Å². The first-order valence-electron chi connectivity index (χ1n) is 9.86. The van der Waals surface area contributed by atoms with E-state index in [1.165, 1.54) is 41.9 Å². The van der Waals surface area contributed by atoms with E-state index >= 15 is 0 Å². The molecule has 3 aromatic rings. The number of carboxylic acids is 1. The number of benzene rings is 1. The zero-order valence-corrected chi connectivity index (χ0v) is 17.2. The largest absolute Gasteiger partial charge is 0.490 e. The van der Waals surface area contributed by atoms with Crippen LogP contribution in [0.4, 0.5) is 17.6 Å². The number of imidazole rings is 1. The van der Waals surface area contributed by atoms with Crippen molar-refractivity contribution in [2.45, 2.75) is 52.0 Å². The van der Waals surface area contributed by atoms with E-state index in [1.807, 2.05) is 6.07 Å². The fourth-order valence-electron chi connectivity index (χ4n) is 3.46. The summed E-state index contributed by atoms with van der Waals surface area (Å²) in [5, 5.41) is 14.5. The minimum atomic E-state index is -5.08. The molecule has 172 valence electrons. The van der Waals surface area contributed by atoms with Gasteiger partial charge in [-0.1, -0.05) is 6.07 Å². The molecule has 1 aliphatic rings. The van der Waals surface area contributed by atoms with Crippen LogP contribution in [0, 0.1) is 12.7 Å². The lowest BCUT2D eigenvalue weighted by Crippen LogP contribution is -2.21. The lowest BCUT2D eigenvalue weighted by molar-refractivity contribution is -0.192. The molecule has 0 amide bonds. The molecule has 3 heterocycles. The molecule has 8 nitrogen and oxygen atoms in total. The van der Waals surface area contributed by atoms with Gasteiger partial charge in [0.15, 0.2) is 0 Å². The van der Waals surface area contributed by atoms with Gasteiger partial charge in [-0.3, -0.25) is 0 Å². The van der Waals surface area contributed by atoms with E-state index in [-0.39, 0.29) is 5.82 Å². The van der Waals surface area contributed by atoms with Crippen LogP contribution in [0.15, 0.2) is 30.9 Å². The Bertz CT molecular complexity index is 1060. The minimum absolute atomic E-state index is 0.306. The van der Waals surface area contributed by atoms with Crippen molar-refractivity contribution in [2.75, 3.05) is 0 Å². The summed E-state index contributed by atoms with van der Waals surface area (Å²) in [5.41, 5.74) is 3.77. The number of aryl methyl sites for hydroxylation is 1. The summed E-state index contributed by atoms with van der Waals surface area (Å²) < 4.78 is 49.7. The molecule has 0 spiro atoms. The number of carbonyl (C=O) groups is 1. The predicted octanol–water partition coefficient (Wildman–Crippen LogP) is 3.17. The van der Waals surface area contributed by atoms with Crippen molar-refractivity contribution in [3.63, 3.8) is 0 Å². The van der Waals surface area contributed by atoms with Crippen LogP contribution in [0.1, 0.15) is 35.6 Å². The van der Waals surface area contributed by atoms with Crippen LogP contribution in [0.5, 0.6) is 0 Å². The first-order chi connectivity index (χ1) is 15.2. The van der Waals surface area contributed by atoms with Gasteiger partial charge in [-0.05, 0) is 43.9 Å². The number of nitrogens with one attached hydrogen (secondary N) is 1. The third kappa shape index (κ3) is 5.69. The van der Waals surface area contributed by atoms with Crippen LogP contribution in [0.2, 0.25) is 0 Å². The van der Waals surface area contributed by atoms with Crippen LogP contribution in [-0.4, -0.2) is 41.6 Å². The van der Waals surface area contributed by atoms with Gasteiger partial charge in [0.05, 0.1) is 5.69 Å². The Labute approximate surface area is 180 Å². The van der Waals surface area contributed by atoms with Gasteiger partial charge < -0.3 is 15.0 Å². The molecule has 0 aliphatic carbocycles. The molecule has 1 aromatic carbocycles. The highest BCUT2D eigenvalue weighted by molar-refractivity contribution is 5.73. The second kappa shape index (κ2) is 9.90. The van der Waals surface area contributed by atoms with Crippen molar-refractivity contribution in [2.24, 2.45) is 0 Å². The second-order valence-electron chi connectivity index (χ2n) is 7.19. The molecule has 0 unspecified atom stereocenters. The quantitative estimate of drug-likeness (QED) is 0.575. The smallest absolute Gasteiger partial charge is 0.475 e. The van der Waals surface area contributed by atoms with Crippen LogP contribution in [0.3, 0.4) is 0 Å². The number of aromatic nitrogens is 5. The average Bonchev–Trinajstić information content (AvgIpc) is 3.37. The molecule has 32 heavy (non-hydrogen) atoms. The molecule has 0 saturated carbocycles. The van der Waals surface area contributed by atoms with Crippen LogP contribution < -0.4 is 5.32 Å². The molecule has 0 saturated heterocycles. The molecule has 1 aliphatic heterocycles. The van der Waals surface area contributed by atoms with E-state index in [0.717, 1.165) is 30.0 Å². The van der Waals surface area contributed by atoms with E-state index < -0.39 is 12.1 Å². The van der Waals surface area contributed by atoms with Gasteiger partial charge in [0.2, 0.25) is 0 Å². The first-order valence-corrected chi connectivity index (χ1v) is 9.86. The first kappa shape index (κ1) is 23.4. The zero-order chi connectivity index (χ0) is 23.3. The summed E-state index contributed by atoms with van der Waals surface area (Å²) in [6.07, 6.45) is 1.35. The summed E-state index contributed by atoms with van der Waals surface area (Å²) in [5.74, 6) is -1.97. The Balaban J connectivity index is 0.000000360. The predicted molar refractivity (Wildman–Crippen MR) is 105 cm³/mol. The maximum Gasteiger partial charge on any atom is 0.490 e. The third-order valence-electron chi connectivity index (χ3n) is 4.93. The number of carboxylic acid groups (broad SMARTS) is 1. The summed E-state index contributed by atoms with van der Waals surface area (Å²) in [4.78, 5) is 17.4. The highest BCUT2D eigenvalue weighted by atomic mass is 19.4. The van der Waals surface area contributed by atoms with Gasteiger partial charge in [-0.15, -0.1) is 0 Å². The Hall–Kier alpha value is -3.28. The highest BCUT2D eigenvalue weighted by Gasteiger charge is 2.38. The number of fused-ring (bicyclic) bond motifs is 1. The minimum Gasteiger partial charge on any atom is -0.475 e. The van der Waals surface area contributed by atoms with Crippen molar-refractivity contribution < 1.29 is 27.5 Å². The van der Waals surface area contributed by atoms with E-state index in [0.29, 0.717) is 18.8 Å². The molecular weight excluding hydrogens is 432 g/mol. The molecule has 0 atom stereocenters. The van der Waals surface area contributed by atoms with Gasteiger partial charge >= 0.3 is 12.1 Å². The number of nitrogens with zero attached hydrogens (tertiary/aromatic N) is 5. The monoisotopic (exact) mass is 454 g/mol. The zero-order valence-electron chi connectivity index (χ0n) is 17.2. The molecule has 0 bridgehead atoms. The van der Waals surface area contributed by atoms with Crippen molar-refractivity contribution in [3.05, 3.63) is 59.4 Å². The van der Waals surface area contributed by atoms with Gasteiger partial charge in [0.25, 0.3) is 0 Å². The summed E-state index contributed by atoms with van der Waals surface area (Å²) in [7, 11) is 0. The fourth-order valence-corrected chi connectivity index (χ4v) is 3.46. The van der Waals surface area contributed by atoms with E-state index in [4.69, 9.17) is 14.9 Å². The van der Waals surface area contributed by atoms with E-state index in [9.17, 15) is 17.6 Å². The third-order valence-corrected chi connectivity index (χ3v) is 4.93. The number of alkyl halides is 3. The molecule has 12 heteroatoms. The molecule has 2 aromatic heterocycles. The number of hydrogen-bond donors (Lipinski definition) is 2. The van der Waals surface area contributed by atoms with Crippen molar-refractivity contribution in [1.82, 2.24) is 29.6 Å². The average molecular weight is 454 g/mol. The second-order valence-corrected chi connectivity index (χ2v) is 7.19. The maximum atomic E-state index is 14.3. The number of aliphatic carboxylic acids is 1. The van der Waals surface area contributed by atoms with Gasteiger partial charge in [-0.25, -0.2) is 23.8 Å². The molecule has 4 rings (SSSR count). The Morgan fingerprint density at radius 1 is 1.25 bits per heavy atom. The molecule has 0 fully saturated rings. The Kier molecular flexibility index (Phi) is 7.23. The lowest BCUT2D eigenvalue weighted by atomic mass is 10.1. The topological polar surface area (TPSA) is 97.9 Å². The Morgan fingerprint density at radius 2 is 2.00 bits per heavy atom. The normalized spacial score (nSPS) is 13.3. The van der Waals surface area contributed by atoms with Crippen molar-refractivity contribution in [3.8, 4) is 5.69 Å². The van der Waals surface area contributed by atoms with Crippen molar-refractivity contribution in [1.29, 1.82) is 0 Å². The van der Waals surface area contributed by atoms with E-state index in [2.05, 4.69) is 26.9 Å². The van der Waals surface area contributed by atoms with E-state index in [1.54, 1.807) is 6.07 Å². The van der Waals surface area contributed by atoms with Crippen LogP contribution >= 0.6 is 0 Å². The number of hydrogen-bond acceptors (Lipinski definition) is 5. The Morgan fingerprint density at radius 3 is 2.62 bits per heavy atom.